The van der Waals surface area contributed by atoms with Crippen LogP contribution in [0.4, 0.5) is 5.69 Å². The number of nitrogens with zero attached hydrogens (tertiary/aromatic N) is 5. The molecule has 170 valence electrons. The molecule has 5 rings (SSSR count). The summed E-state index contributed by atoms with van der Waals surface area (Å²) in [6.45, 7) is 5.64. The topological polar surface area (TPSA) is 149 Å². The Labute approximate surface area is 190 Å². The number of piperidine rings is 1. The van der Waals surface area contributed by atoms with Crippen molar-refractivity contribution in [3.63, 3.8) is 0 Å². The lowest BCUT2D eigenvalue weighted by Crippen LogP contribution is -2.29. The second kappa shape index (κ2) is 7.89. The number of hydrogen-bond acceptors (Lipinski definition) is 7. The van der Waals surface area contributed by atoms with E-state index >= 15 is 0 Å². The van der Waals surface area contributed by atoms with Gasteiger partial charge in [0.25, 0.3) is 5.91 Å². The number of rotatable bonds is 4. The Morgan fingerprint density at radius 3 is 2.70 bits per heavy atom. The lowest BCUT2D eigenvalue weighted by atomic mass is 9.93. The van der Waals surface area contributed by atoms with Gasteiger partial charge in [-0.05, 0) is 62.5 Å². The monoisotopic (exact) mass is 446 g/mol. The van der Waals surface area contributed by atoms with Gasteiger partial charge in [0, 0.05) is 18.0 Å². The average molecular weight is 447 g/mol. The van der Waals surface area contributed by atoms with E-state index in [9.17, 15) is 9.90 Å². The van der Waals surface area contributed by atoms with Gasteiger partial charge in [-0.2, -0.15) is 5.10 Å². The number of nitrogen functional groups attached to an aromatic ring is 1. The number of aryl methyl sites for hydroxylation is 1. The zero-order chi connectivity index (χ0) is 23.3. The molecule has 0 spiro atoms. The minimum atomic E-state index is -0.695. The quantitative estimate of drug-likeness (QED) is 0.375. The number of carbonyl (C=O) groups is 1. The number of carbonyl (C=O) groups excluding carboxylic acids is 1. The minimum Gasteiger partial charge on any atom is -0.508 e. The van der Waals surface area contributed by atoms with Gasteiger partial charge in [0.2, 0.25) is 0 Å². The molecular weight excluding hydrogens is 420 g/mol. The number of anilines is 1. The van der Waals surface area contributed by atoms with E-state index in [0.717, 1.165) is 42.6 Å². The number of phenols is 1. The van der Waals surface area contributed by atoms with Gasteiger partial charge < -0.3 is 21.9 Å². The van der Waals surface area contributed by atoms with Gasteiger partial charge in [0.05, 0.1) is 23.5 Å². The molecule has 6 N–H and O–H groups in total. The number of aromatic hydroxyl groups is 1. The molecule has 1 aliphatic heterocycles. The van der Waals surface area contributed by atoms with Crippen LogP contribution in [0.5, 0.6) is 5.75 Å². The van der Waals surface area contributed by atoms with Crippen LogP contribution in [0, 0.1) is 13.8 Å². The Bertz CT molecular complexity index is 1380. The van der Waals surface area contributed by atoms with Crippen LogP contribution in [0.1, 0.15) is 40.4 Å². The third-order valence-electron chi connectivity index (χ3n) is 6.37. The van der Waals surface area contributed by atoms with Crippen LogP contribution >= 0.6 is 0 Å². The Hall–Kier alpha value is -3.92. The average Bonchev–Trinajstić information content (AvgIpc) is 3.44. The van der Waals surface area contributed by atoms with E-state index < -0.39 is 5.91 Å². The highest BCUT2D eigenvalue weighted by Crippen LogP contribution is 2.38. The standard InChI is InChI=1S/C23H26N8O2/c1-12-3-4-17(32)13(2)18(12)16-11-31-23(19(20(16)24)21(25)33)28-22(29-31)14-9-27-30(10-14)15-5-7-26-8-6-15/h3-4,9-11,15,26,32H,5-8,24H2,1-2H3,(H2,25,33). The van der Waals surface area contributed by atoms with E-state index in [2.05, 4.69) is 20.5 Å². The zero-order valence-corrected chi connectivity index (χ0v) is 18.5. The van der Waals surface area contributed by atoms with Crippen LogP contribution in [0.25, 0.3) is 28.2 Å². The summed E-state index contributed by atoms with van der Waals surface area (Å²) in [6.07, 6.45) is 7.40. The van der Waals surface area contributed by atoms with Crippen molar-refractivity contribution in [1.82, 2.24) is 29.7 Å². The van der Waals surface area contributed by atoms with Gasteiger partial charge in [0.15, 0.2) is 11.5 Å². The van der Waals surface area contributed by atoms with Crippen LogP contribution in [-0.4, -0.2) is 48.5 Å². The number of nitrogens with one attached hydrogen (secondary N) is 1. The zero-order valence-electron chi connectivity index (χ0n) is 18.5. The number of pyridine rings is 1. The largest absolute Gasteiger partial charge is 0.508 e. The lowest BCUT2D eigenvalue weighted by Gasteiger charge is -2.22. The van der Waals surface area contributed by atoms with Crippen molar-refractivity contribution in [2.75, 3.05) is 18.8 Å². The maximum Gasteiger partial charge on any atom is 0.254 e. The van der Waals surface area contributed by atoms with Gasteiger partial charge in [-0.3, -0.25) is 9.48 Å². The molecule has 0 bridgehead atoms. The fraction of sp³-hybridized carbons (Fsp3) is 0.304. The van der Waals surface area contributed by atoms with Gasteiger partial charge in [-0.25, -0.2) is 9.50 Å². The van der Waals surface area contributed by atoms with Gasteiger partial charge in [-0.15, -0.1) is 5.10 Å². The van der Waals surface area contributed by atoms with Crippen LogP contribution in [-0.2, 0) is 0 Å². The van der Waals surface area contributed by atoms with E-state index in [1.807, 2.05) is 17.8 Å². The number of benzene rings is 1. The SMILES string of the molecule is Cc1ccc(O)c(C)c1-c1cn2nc(-c3cnn(C4CCNCC4)c3)nc2c(C(N)=O)c1N. The summed E-state index contributed by atoms with van der Waals surface area (Å²) in [5, 5.41) is 22.7. The summed E-state index contributed by atoms with van der Waals surface area (Å²) in [5.74, 6) is -0.127. The molecule has 1 aromatic carbocycles. The summed E-state index contributed by atoms with van der Waals surface area (Å²) >= 11 is 0. The number of hydrogen-bond donors (Lipinski definition) is 4. The van der Waals surface area contributed by atoms with Crippen molar-refractivity contribution in [1.29, 1.82) is 0 Å². The van der Waals surface area contributed by atoms with E-state index in [0.29, 0.717) is 23.0 Å². The van der Waals surface area contributed by atoms with E-state index in [1.54, 1.807) is 31.5 Å². The Morgan fingerprint density at radius 1 is 1.21 bits per heavy atom. The molecule has 1 saturated heterocycles. The molecular formula is C23H26N8O2. The molecule has 0 saturated carbocycles. The smallest absolute Gasteiger partial charge is 0.254 e. The molecule has 1 fully saturated rings. The van der Waals surface area contributed by atoms with Crippen LogP contribution in [0.3, 0.4) is 0 Å². The molecule has 33 heavy (non-hydrogen) atoms. The van der Waals surface area contributed by atoms with Crippen LogP contribution < -0.4 is 16.8 Å². The highest BCUT2D eigenvalue weighted by molar-refractivity contribution is 6.07. The first kappa shape index (κ1) is 21.0. The fourth-order valence-corrected chi connectivity index (χ4v) is 4.57. The first-order valence-corrected chi connectivity index (χ1v) is 10.9. The lowest BCUT2D eigenvalue weighted by molar-refractivity contribution is 0.100. The normalized spacial score (nSPS) is 14.7. The third kappa shape index (κ3) is 3.48. The van der Waals surface area contributed by atoms with E-state index in [4.69, 9.17) is 11.5 Å². The summed E-state index contributed by atoms with van der Waals surface area (Å²) < 4.78 is 3.47. The highest BCUT2D eigenvalue weighted by Gasteiger charge is 2.24. The van der Waals surface area contributed by atoms with Crippen LogP contribution in [0.2, 0.25) is 0 Å². The molecule has 4 heterocycles. The molecule has 0 radical (unpaired) electrons. The predicted molar refractivity (Wildman–Crippen MR) is 125 cm³/mol. The van der Waals surface area contributed by atoms with Gasteiger partial charge in [-0.1, -0.05) is 6.07 Å². The van der Waals surface area contributed by atoms with E-state index in [-0.39, 0.29) is 22.6 Å². The Kier molecular flexibility index (Phi) is 5.01. The number of primary amides is 1. The highest BCUT2D eigenvalue weighted by atomic mass is 16.3. The number of phenolic OH excluding ortho intramolecular Hbond substituents is 1. The maximum absolute atomic E-state index is 12.4. The molecule has 0 aliphatic carbocycles. The third-order valence-corrected chi connectivity index (χ3v) is 6.37. The molecule has 3 aromatic heterocycles. The number of aromatic nitrogens is 5. The predicted octanol–water partition coefficient (Wildman–Crippen LogP) is 2.19. The van der Waals surface area contributed by atoms with Crippen molar-refractivity contribution in [2.24, 2.45) is 5.73 Å². The minimum absolute atomic E-state index is 0.0964. The van der Waals surface area contributed by atoms with Crippen molar-refractivity contribution in [3.05, 3.63) is 47.4 Å². The van der Waals surface area contributed by atoms with Crippen molar-refractivity contribution >= 4 is 17.2 Å². The summed E-state index contributed by atoms with van der Waals surface area (Å²) in [6, 6.07) is 3.76. The van der Waals surface area contributed by atoms with Crippen molar-refractivity contribution in [2.45, 2.75) is 32.7 Å². The molecule has 4 aromatic rings. The van der Waals surface area contributed by atoms with Gasteiger partial charge >= 0.3 is 0 Å². The molecule has 0 atom stereocenters. The first-order valence-electron chi connectivity index (χ1n) is 10.9. The van der Waals surface area contributed by atoms with Crippen molar-refractivity contribution in [3.8, 4) is 28.3 Å². The van der Waals surface area contributed by atoms with Crippen LogP contribution in [0.15, 0.2) is 30.7 Å². The van der Waals surface area contributed by atoms with E-state index in [1.165, 1.54) is 4.52 Å². The number of amides is 1. The number of nitrogens with two attached hydrogens (primary N) is 2. The summed E-state index contributed by atoms with van der Waals surface area (Å²) in [5.41, 5.74) is 16.3. The fourth-order valence-electron chi connectivity index (χ4n) is 4.57. The molecule has 1 aliphatic rings. The summed E-state index contributed by atoms with van der Waals surface area (Å²) in [4.78, 5) is 17.0. The van der Waals surface area contributed by atoms with Gasteiger partial charge in [0.1, 0.15) is 11.3 Å². The molecule has 1 amide bonds. The number of fused-ring (bicyclic) bond motifs is 1. The second-order valence-corrected chi connectivity index (χ2v) is 8.49. The Balaban J connectivity index is 1.66. The molecule has 0 unspecified atom stereocenters. The summed E-state index contributed by atoms with van der Waals surface area (Å²) in [7, 11) is 0. The molecule has 10 heteroatoms. The van der Waals surface area contributed by atoms with Crippen molar-refractivity contribution < 1.29 is 9.90 Å². The Morgan fingerprint density at radius 2 is 1.97 bits per heavy atom. The first-order chi connectivity index (χ1) is 15.8. The second-order valence-electron chi connectivity index (χ2n) is 8.49. The molecule has 10 nitrogen and oxygen atoms in total. The maximum atomic E-state index is 12.4.